The maximum absolute atomic E-state index is 12.0. The van der Waals surface area contributed by atoms with Gasteiger partial charge in [-0.25, -0.2) is 0 Å². The highest BCUT2D eigenvalue weighted by Gasteiger charge is 2.27. The van der Waals surface area contributed by atoms with Gasteiger partial charge >= 0.3 is 0 Å². The van der Waals surface area contributed by atoms with Gasteiger partial charge in [-0.2, -0.15) is 0 Å². The van der Waals surface area contributed by atoms with E-state index in [1.807, 2.05) is 30.5 Å². The molecule has 1 amide bonds. The molecule has 3 rings (SSSR count). The zero-order valence-electron chi connectivity index (χ0n) is 10.6. The van der Waals surface area contributed by atoms with E-state index in [9.17, 15) is 4.79 Å². The van der Waals surface area contributed by atoms with Crippen LogP contribution in [0.25, 0.3) is 10.9 Å². The monoisotopic (exact) mass is 242 g/mol. The van der Waals surface area contributed by atoms with Crippen LogP contribution < -0.4 is 5.32 Å². The van der Waals surface area contributed by atoms with Gasteiger partial charge in [0.15, 0.2) is 0 Å². The fourth-order valence-corrected chi connectivity index (χ4v) is 2.38. The number of aromatic amines is 1. The van der Waals surface area contributed by atoms with Gasteiger partial charge in [0.25, 0.3) is 5.91 Å². The van der Waals surface area contributed by atoms with Gasteiger partial charge in [0.05, 0.1) is 0 Å². The molecule has 0 spiro atoms. The van der Waals surface area contributed by atoms with Crippen molar-refractivity contribution < 1.29 is 4.79 Å². The molecule has 3 heteroatoms. The summed E-state index contributed by atoms with van der Waals surface area (Å²) in [5.74, 6) is 1.47. The molecule has 0 bridgehead atoms. The molecule has 1 aromatic carbocycles. The molecule has 1 atom stereocenters. The SMILES string of the molecule is CC(CNC(=O)c1ccc2[nH]ccc2c1)C1CC1. The molecule has 0 radical (unpaired) electrons. The molecule has 1 aliphatic rings. The van der Waals surface area contributed by atoms with Crippen LogP contribution in [0.3, 0.4) is 0 Å². The summed E-state index contributed by atoms with van der Waals surface area (Å²) in [6, 6.07) is 7.74. The number of hydrogen-bond donors (Lipinski definition) is 2. The average molecular weight is 242 g/mol. The van der Waals surface area contributed by atoms with Crippen molar-refractivity contribution in [2.45, 2.75) is 19.8 Å². The predicted molar refractivity (Wildman–Crippen MR) is 72.5 cm³/mol. The number of rotatable bonds is 4. The molecular weight excluding hydrogens is 224 g/mol. The molecule has 1 heterocycles. The summed E-state index contributed by atoms with van der Waals surface area (Å²) < 4.78 is 0. The number of carbonyl (C=O) groups excluding carboxylic acids is 1. The van der Waals surface area contributed by atoms with Crippen LogP contribution in [0.4, 0.5) is 0 Å². The summed E-state index contributed by atoms with van der Waals surface area (Å²) >= 11 is 0. The number of amides is 1. The predicted octanol–water partition coefficient (Wildman–Crippen LogP) is 2.94. The van der Waals surface area contributed by atoms with Gasteiger partial charge in [-0.05, 0) is 48.9 Å². The first-order valence-electron chi connectivity index (χ1n) is 6.59. The number of nitrogens with one attached hydrogen (secondary N) is 2. The van der Waals surface area contributed by atoms with Gasteiger partial charge in [-0.1, -0.05) is 6.92 Å². The summed E-state index contributed by atoms with van der Waals surface area (Å²) in [4.78, 5) is 15.2. The molecular formula is C15H18N2O. The van der Waals surface area contributed by atoms with Gasteiger partial charge in [-0.15, -0.1) is 0 Å². The van der Waals surface area contributed by atoms with E-state index in [1.165, 1.54) is 12.8 Å². The Balaban J connectivity index is 1.66. The van der Waals surface area contributed by atoms with Gasteiger partial charge in [0, 0.05) is 29.2 Å². The van der Waals surface area contributed by atoms with Gasteiger partial charge in [-0.3, -0.25) is 4.79 Å². The largest absolute Gasteiger partial charge is 0.361 e. The number of carbonyl (C=O) groups is 1. The quantitative estimate of drug-likeness (QED) is 0.850. The minimum absolute atomic E-state index is 0.0330. The van der Waals surface area contributed by atoms with Crippen LogP contribution in [0.5, 0.6) is 0 Å². The third-order valence-corrected chi connectivity index (χ3v) is 3.83. The molecule has 2 aromatic rings. The first kappa shape index (κ1) is 11.3. The van der Waals surface area contributed by atoms with E-state index in [0.29, 0.717) is 5.92 Å². The smallest absolute Gasteiger partial charge is 0.251 e. The maximum Gasteiger partial charge on any atom is 0.251 e. The van der Waals surface area contributed by atoms with Crippen molar-refractivity contribution in [3.05, 3.63) is 36.0 Å². The zero-order chi connectivity index (χ0) is 12.5. The third-order valence-electron chi connectivity index (χ3n) is 3.83. The Morgan fingerprint density at radius 2 is 2.28 bits per heavy atom. The average Bonchev–Trinajstić information content (AvgIpc) is 3.13. The van der Waals surface area contributed by atoms with E-state index in [4.69, 9.17) is 0 Å². The molecule has 0 aliphatic heterocycles. The molecule has 2 N–H and O–H groups in total. The van der Waals surface area contributed by atoms with Crippen LogP contribution >= 0.6 is 0 Å². The fraction of sp³-hybridized carbons (Fsp3) is 0.400. The van der Waals surface area contributed by atoms with Crippen molar-refractivity contribution in [2.24, 2.45) is 11.8 Å². The Morgan fingerprint density at radius 3 is 3.06 bits per heavy atom. The highest BCUT2D eigenvalue weighted by atomic mass is 16.1. The Bertz CT molecular complexity index is 569. The van der Waals surface area contributed by atoms with Crippen LogP contribution in [0.1, 0.15) is 30.1 Å². The Hall–Kier alpha value is -1.77. The third kappa shape index (κ3) is 2.26. The Morgan fingerprint density at radius 1 is 1.44 bits per heavy atom. The summed E-state index contributed by atoms with van der Waals surface area (Å²) in [5.41, 5.74) is 1.81. The number of H-pyrrole nitrogens is 1. The highest BCUT2D eigenvalue weighted by Crippen LogP contribution is 2.36. The Kier molecular flexibility index (Phi) is 2.82. The highest BCUT2D eigenvalue weighted by molar-refractivity contribution is 5.98. The molecule has 1 unspecified atom stereocenters. The van der Waals surface area contributed by atoms with Crippen LogP contribution in [-0.2, 0) is 0 Å². The van der Waals surface area contributed by atoms with Gasteiger partial charge < -0.3 is 10.3 Å². The topological polar surface area (TPSA) is 44.9 Å². The second-order valence-corrected chi connectivity index (χ2v) is 5.30. The van der Waals surface area contributed by atoms with Crippen molar-refractivity contribution in [3.8, 4) is 0 Å². The second kappa shape index (κ2) is 4.48. The summed E-state index contributed by atoms with van der Waals surface area (Å²) in [5, 5.41) is 4.11. The standard InChI is InChI=1S/C15H18N2O/c1-10(11-2-3-11)9-17-15(18)13-4-5-14-12(8-13)6-7-16-14/h4-8,10-11,16H,2-3,9H2,1H3,(H,17,18). The minimum Gasteiger partial charge on any atom is -0.361 e. The van der Waals surface area contributed by atoms with E-state index in [1.54, 1.807) is 0 Å². The van der Waals surface area contributed by atoms with E-state index in [0.717, 1.165) is 28.9 Å². The van der Waals surface area contributed by atoms with Crippen molar-refractivity contribution in [1.82, 2.24) is 10.3 Å². The lowest BCUT2D eigenvalue weighted by Crippen LogP contribution is -2.28. The van der Waals surface area contributed by atoms with Crippen LogP contribution in [-0.4, -0.2) is 17.4 Å². The lowest BCUT2D eigenvalue weighted by molar-refractivity contribution is 0.0947. The number of aromatic nitrogens is 1. The first-order chi connectivity index (χ1) is 8.74. The summed E-state index contributed by atoms with van der Waals surface area (Å²) in [6.07, 6.45) is 4.54. The molecule has 3 nitrogen and oxygen atoms in total. The van der Waals surface area contributed by atoms with Crippen molar-refractivity contribution >= 4 is 16.8 Å². The van der Waals surface area contributed by atoms with Crippen molar-refractivity contribution in [2.75, 3.05) is 6.54 Å². The van der Waals surface area contributed by atoms with Gasteiger partial charge in [0.2, 0.25) is 0 Å². The normalized spacial score (nSPS) is 16.7. The number of benzene rings is 1. The molecule has 0 saturated heterocycles. The summed E-state index contributed by atoms with van der Waals surface area (Å²) in [7, 11) is 0. The van der Waals surface area contributed by atoms with E-state index < -0.39 is 0 Å². The molecule has 1 aromatic heterocycles. The molecule has 18 heavy (non-hydrogen) atoms. The second-order valence-electron chi connectivity index (χ2n) is 5.30. The number of hydrogen-bond acceptors (Lipinski definition) is 1. The molecule has 1 aliphatic carbocycles. The first-order valence-corrected chi connectivity index (χ1v) is 6.59. The summed E-state index contributed by atoms with van der Waals surface area (Å²) in [6.45, 7) is 3.00. The molecule has 1 saturated carbocycles. The van der Waals surface area contributed by atoms with E-state index >= 15 is 0 Å². The fourth-order valence-electron chi connectivity index (χ4n) is 2.38. The van der Waals surface area contributed by atoms with Crippen molar-refractivity contribution in [3.63, 3.8) is 0 Å². The number of fused-ring (bicyclic) bond motifs is 1. The minimum atomic E-state index is 0.0330. The van der Waals surface area contributed by atoms with Crippen LogP contribution in [0.15, 0.2) is 30.5 Å². The van der Waals surface area contributed by atoms with Crippen molar-refractivity contribution in [1.29, 1.82) is 0 Å². The van der Waals surface area contributed by atoms with Crippen LogP contribution in [0, 0.1) is 11.8 Å². The van der Waals surface area contributed by atoms with Crippen LogP contribution in [0.2, 0.25) is 0 Å². The zero-order valence-corrected chi connectivity index (χ0v) is 10.6. The molecule has 1 fully saturated rings. The lowest BCUT2D eigenvalue weighted by atomic mass is 10.1. The molecule has 94 valence electrons. The van der Waals surface area contributed by atoms with E-state index in [-0.39, 0.29) is 5.91 Å². The lowest BCUT2D eigenvalue weighted by Gasteiger charge is -2.11. The van der Waals surface area contributed by atoms with E-state index in [2.05, 4.69) is 17.2 Å². The maximum atomic E-state index is 12.0. The van der Waals surface area contributed by atoms with Gasteiger partial charge in [0.1, 0.15) is 0 Å². The Labute approximate surface area is 107 Å².